The third-order valence-corrected chi connectivity index (χ3v) is 6.51. The standard InChI is InChI=1S/C22H27ClN6/c23-19-14-26-22(28-21(19)18-13-25-20-7-2-1-6-17(18)20)27-15-4-3-5-16(12-15)29-10-8-24-9-11-29/h1-2,6-7,13-16,24-25H,3-5,8-12H2,(H,26,27,28). The van der Waals surface area contributed by atoms with Gasteiger partial charge in [-0.3, -0.25) is 4.90 Å². The molecule has 0 spiro atoms. The fourth-order valence-corrected chi connectivity index (χ4v) is 4.94. The molecule has 1 aliphatic heterocycles. The maximum Gasteiger partial charge on any atom is 0.223 e. The fraction of sp³-hybridized carbons (Fsp3) is 0.455. The van der Waals surface area contributed by atoms with Gasteiger partial charge in [0.2, 0.25) is 5.95 Å². The Morgan fingerprint density at radius 2 is 2.00 bits per heavy atom. The summed E-state index contributed by atoms with van der Waals surface area (Å²) >= 11 is 6.48. The molecule has 7 heteroatoms. The minimum Gasteiger partial charge on any atom is -0.360 e. The van der Waals surface area contributed by atoms with Crippen molar-refractivity contribution in [2.45, 2.75) is 37.8 Å². The van der Waals surface area contributed by atoms with Gasteiger partial charge < -0.3 is 15.6 Å². The Hall–Kier alpha value is -2.15. The van der Waals surface area contributed by atoms with Crippen molar-refractivity contribution in [3.8, 4) is 11.3 Å². The van der Waals surface area contributed by atoms with E-state index in [9.17, 15) is 0 Å². The zero-order chi connectivity index (χ0) is 19.6. The minimum atomic E-state index is 0.403. The SMILES string of the molecule is Clc1cnc(NC2CCCC(N3CCNCC3)C2)nc1-c1c[nH]c2ccccc12. The zero-order valence-corrected chi connectivity index (χ0v) is 17.3. The fourth-order valence-electron chi connectivity index (χ4n) is 4.75. The van der Waals surface area contributed by atoms with E-state index in [4.69, 9.17) is 16.6 Å². The summed E-state index contributed by atoms with van der Waals surface area (Å²) in [4.78, 5) is 15.2. The number of benzene rings is 1. The molecule has 1 aromatic carbocycles. The van der Waals surface area contributed by atoms with Crippen LogP contribution in [-0.4, -0.2) is 58.1 Å². The average Bonchev–Trinajstić information content (AvgIpc) is 3.20. The monoisotopic (exact) mass is 410 g/mol. The average molecular weight is 411 g/mol. The number of nitrogens with one attached hydrogen (secondary N) is 3. The van der Waals surface area contributed by atoms with Crippen LogP contribution in [0, 0.1) is 0 Å². The van der Waals surface area contributed by atoms with Gasteiger partial charge in [0.05, 0.1) is 16.9 Å². The van der Waals surface area contributed by atoms with E-state index < -0.39 is 0 Å². The first kappa shape index (κ1) is 18.9. The number of rotatable bonds is 4. The van der Waals surface area contributed by atoms with Crippen molar-refractivity contribution in [1.82, 2.24) is 25.2 Å². The van der Waals surface area contributed by atoms with Crippen molar-refractivity contribution in [3.63, 3.8) is 0 Å². The molecule has 3 heterocycles. The molecule has 1 saturated carbocycles. The predicted molar refractivity (Wildman–Crippen MR) is 118 cm³/mol. The lowest BCUT2D eigenvalue weighted by Gasteiger charge is -2.39. The van der Waals surface area contributed by atoms with Crippen molar-refractivity contribution < 1.29 is 0 Å². The molecule has 2 atom stereocenters. The Morgan fingerprint density at radius 3 is 2.90 bits per heavy atom. The summed E-state index contributed by atoms with van der Waals surface area (Å²) < 4.78 is 0. The van der Waals surface area contributed by atoms with Crippen LogP contribution in [0.25, 0.3) is 22.2 Å². The second kappa shape index (κ2) is 8.30. The molecule has 2 fully saturated rings. The van der Waals surface area contributed by atoms with Crippen LogP contribution < -0.4 is 10.6 Å². The number of hydrogen-bond donors (Lipinski definition) is 3. The molecule has 1 saturated heterocycles. The second-order valence-electron chi connectivity index (χ2n) is 8.09. The number of aromatic amines is 1. The van der Waals surface area contributed by atoms with Crippen LogP contribution in [0.5, 0.6) is 0 Å². The molecular weight excluding hydrogens is 384 g/mol. The van der Waals surface area contributed by atoms with Crippen LogP contribution in [0.15, 0.2) is 36.7 Å². The minimum absolute atomic E-state index is 0.403. The lowest BCUT2D eigenvalue weighted by atomic mass is 9.89. The topological polar surface area (TPSA) is 68.9 Å². The Bertz CT molecular complexity index is 980. The van der Waals surface area contributed by atoms with E-state index in [1.807, 2.05) is 18.3 Å². The Morgan fingerprint density at radius 1 is 1.14 bits per heavy atom. The number of anilines is 1. The molecule has 5 rings (SSSR count). The third kappa shape index (κ3) is 3.97. The smallest absolute Gasteiger partial charge is 0.223 e. The lowest BCUT2D eigenvalue weighted by molar-refractivity contribution is 0.134. The van der Waals surface area contributed by atoms with Crippen molar-refractivity contribution in [1.29, 1.82) is 0 Å². The van der Waals surface area contributed by atoms with E-state index in [-0.39, 0.29) is 0 Å². The van der Waals surface area contributed by atoms with Gasteiger partial charge in [-0.15, -0.1) is 0 Å². The number of piperazine rings is 1. The van der Waals surface area contributed by atoms with Crippen molar-refractivity contribution >= 4 is 28.5 Å². The van der Waals surface area contributed by atoms with Gasteiger partial charge in [0, 0.05) is 60.9 Å². The van der Waals surface area contributed by atoms with Gasteiger partial charge >= 0.3 is 0 Å². The number of H-pyrrole nitrogens is 1. The Labute approximate surface area is 176 Å². The molecule has 1 aliphatic carbocycles. The van der Waals surface area contributed by atoms with Crippen molar-refractivity contribution in [2.24, 2.45) is 0 Å². The summed E-state index contributed by atoms with van der Waals surface area (Å²) in [7, 11) is 0. The second-order valence-corrected chi connectivity index (χ2v) is 8.49. The van der Waals surface area contributed by atoms with E-state index in [2.05, 4.69) is 37.6 Å². The Balaban J connectivity index is 1.35. The number of para-hydroxylation sites is 1. The van der Waals surface area contributed by atoms with Crippen molar-refractivity contribution in [3.05, 3.63) is 41.7 Å². The first-order chi connectivity index (χ1) is 14.3. The molecule has 29 heavy (non-hydrogen) atoms. The van der Waals surface area contributed by atoms with Crippen LogP contribution in [0.3, 0.4) is 0 Å². The molecule has 6 nitrogen and oxygen atoms in total. The molecule has 2 unspecified atom stereocenters. The van der Waals surface area contributed by atoms with Crippen LogP contribution >= 0.6 is 11.6 Å². The summed E-state index contributed by atoms with van der Waals surface area (Å²) in [6.45, 7) is 4.50. The quantitative estimate of drug-likeness (QED) is 0.608. The molecule has 2 aliphatic rings. The van der Waals surface area contributed by atoms with Gasteiger partial charge in [0.25, 0.3) is 0 Å². The molecule has 0 radical (unpaired) electrons. The highest BCUT2D eigenvalue weighted by Crippen LogP contribution is 2.33. The molecule has 3 N–H and O–H groups in total. The van der Waals surface area contributed by atoms with Gasteiger partial charge in [-0.2, -0.15) is 0 Å². The summed E-state index contributed by atoms with van der Waals surface area (Å²) in [6.07, 6.45) is 8.54. The normalized spacial score (nSPS) is 23.3. The van der Waals surface area contributed by atoms with Gasteiger partial charge in [-0.1, -0.05) is 29.8 Å². The molecular formula is C22H27ClN6. The van der Waals surface area contributed by atoms with Crippen LogP contribution in [-0.2, 0) is 0 Å². The summed E-state index contributed by atoms with van der Waals surface area (Å²) in [5.41, 5.74) is 2.87. The summed E-state index contributed by atoms with van der Waals surface area (Å²) in [6, 6.07) is 9.27. The van der Waals surface area contributed by atoms with E-state index >= 15 is 0 Å². The molecule has 152 valence electrons. The number of hydrogen-bond acceptors (Lipinski definition) is 5. The van der Waals surface area contributed by atoms with Crippen LogP contribution in [0.2, 0.25) is 5.02 Å². The Kier molecular flexibility index (Phi) is 5.40. The first-order valence-electron chi connectivity index (χ1n) is 10.6. The number of nitrogens with zero attached hydrogens (tertiary/aromatic N) is 3. The highest BCUT2D eigenvalue weighted by molar-refractivity contribution is 6.33. The number of halogens is 1. The maximum absolute atomic E-state index is 6.48. The van der Waals surface area contributed by atoms with E-state index in [0.717, 1.165) is 61.2 Å². The van der Waals surface area contributed by atoms with E-state index in [1.54, 1.807) is 6.20 Å². The van der Waals surface area contributed by atoms with Gasteiger partial charge in [0.15, 0.2) is 0 Å². The van der Waals surface area contributed by atoms with Crippen LogP contribution in [0.4, 0.5) is 5.95 Å². The lowest BCUT2D eigenvalue weighted by Crippen LogP contribution is -2.50. The van der Waals surface area contributed by atoms with Crippen molar-refractivity contribution in [2.75, 3.05) is 31.5 Å². The van der Waals surface area contributed by atoms with Gasteiger partial charge in [0.1, 0.15) is 0 Å². The molecule has 2 aromatic heterocycles. The zero-order valence-electron chi connectivity index (χ0n) is 16.5. The van der Waals surface area contributed by atoms with Crippen LogP contribution in [0.1, 0.15) is 25.7 Å². The largest absolute Gasteiger partial charge is 0.360 e. The summed E-state index contributed by atoms with van der Waals surface area (Å²) in [5, 5.41) is 8.74. The summed E-state index contributed by atoms with van der Waals surface area (Å²) in [5.74, 6) is 0.667. The molecule has 0 bridgehead atoms. The molecule has 0 amide bonds. The number of fused-ring (bicyclic) bond motifs is 1. The highest BCUT2D eigenvalue weighted by Gasteiger charge is 2.28. The highest BCUT2D eigenvalue weighted by atomic mass is 35.5. The first-order valence-corrected chi connectivity index (χ1v) is 11.0. The third-order valence-electron chi connectivity index (χ3n) is 6.24. The van der Waals surface area contributed by atoms with E-state index in [0.29, 0.717) is 23.1 Å². The van der Waals surface area contributed by atoms with Gasteiger partial charge in [-0.05, 0) is 31.7 Å². The number of aromatic nitrogens is 3. The molecule has 3 aromatic rings. The maximum atomic E-state index is 6.48. The van der Waals surface area contributed by atoms with E-state index in [1.165, 1.54) is 12.8 Å². The predicted octanol–water partition coefficient (Wildman–Crippen LogP) is 3.91. The van der Waals surface area contributed by atoms with Gasteiger partial charge in [-0.25, -0.2) is 9.97 Å².